The molecule has 0 aromatic heterocycles. The number of carbonyl (C=O) groups excluding carboxylic acids is 4. The lowest BCUT2D eigenvalue weighted by Gasteiger charge is -2.19. The molecule has 3 amide bonds. The molecule has 0 radical (unpaired) electrons. The summed E-state index contributed by atoms with van der Waals surface area (Å²) in [4.78, 5) is 55.5. The van der Waals surface area contributed by atoms with Gasteiger partial charge in [0.25, 0.3) is 11.8 Å². The molecule has 2 aliphatic heterocycles. The van der Waals surface area contributed by atoms with Crippen molar-refractivity contribution in [2.24, 2.45) is 5.92 Å². The first-order chi connectivity index (χ1) is 19.6. The fourth-order valence-electron chi connectivity index (χ4n) is 5.25. The van der Waals surface area contributed by atoms with Gasteiger partial charge < -0.3 is 9.64 Å². The van der Waals surface area contributed by atoms with Crippen molar-refractivity contribution in [1.82, 2.24) is 0 Å². The van der Waals surface area contributed by atoms with Crippen molar-refractivity contribution in [2.45, 2.75) is 13.3 Å². The molecule has 0 unspecified atom stereocenters. The second-order valence-corrected chi connectivity index (χ2v) is 12.9. The lowest BCUT2D eigenvalue weighted by atomic mass is 10.1. The SMILES string of the molecule is Cc1cc(OC(=O)[C@@H]2CC(=O)N(c3cccc4ccccc34)C2)ccc1N1C(=O)c2c(Br)c(Br)c(Br)c(Br)c2C1=O. The van der Waals surface area contributed by atoms with Crippen LogP contribution in [0, 0.1) is 12.8 Å². The number of fused-ring (bicyclic) bond motifs is 2. The fourth-order valence-corrected chi connectivity index (χ4v) is 7.71. The average Bonchev–Trinajstić information content (AvgIpc) is 3.47. The maximum atomic E-state index is 13.4. The molecule has 0 spiro atoms. The molecule has 1 atom stereocenters. The highest BCUT2D eigenvalue weighted by Crippen LogP contribution is 2.46. The zero-order valence-corrected chi connectivity index (χ0v) is 27.6. The molecule has 0 bridgehead atoms. The Morgan fingerprint density at radius 1 is 0.805 bits per heavy atom. The van der Waals surface area contributed by atoms with Gasteiger partial charge in [-0.15, -0.1) is 0 Å². The van der Waals surface area contributed by atoms with Crippen LogP contribution in [0.5, 0.6) is 5.75 Å². The number of esters is 1. The monoisotopic (exact) mass is 802 g/mol. The summed E-state index contributed by atoms with van der Waals surface area (Å²) < 4.78 is 7.82. The zero-order valence-electron chi connectivity index (χ0n) is 21.2. The van der Waals surface area contributed by atoms with Gasteiger partial charge in [-0.3, -0.25) is 19.2 Å². The van der Waals surface area contributed by atoms with E-state index in [2.05, 4.69) is 63.7 Å². The largest absolute Gasteiger partial charge is 0.426 e. The number of benzene rings is 4. The van der Waals surface area contributed by atoms with Gasteiger partial charge in [-0.05, 0) is 106 Å². The third kappa shape index (κ3) is 4.67. The van der Waals surface area contributed by atoms with Crippen molar-refractivity contribution in [1.29, 1.82) is 0 Å². The molecule has 0 aliphatic carbocycles. The Labute approximate surface area is 268 Å². The van der Waals surface area contributed by atoms with Crippen LogP contribution in [0.25, 0.3) is 10.8 Å². The molecule has 11 heteroatoms. The summed E-state index contributed by atoms with van der Waals surface area (Å²) in [6.07, 6.45) is 0.0447. The van der Waals surface area contributed by atoms with Crippen molar-refractivity contribution >= 4 is 110 Å². The topological polar surface area (TPSA) is 84.0 Å². The summed E-state index contributed by atoms with van der Waals surface area (Å²) in [5.74, 6) is -1.98. The average molecular weight is 806 g/mol. The lowest BCUT2D eigenvalue weighted by molar-refractivity contribution is -0.139. The number of ether oxygens (including phenoxy) is 1. The van der Waals surface area contributed by atoms with Gasteiger partial charge in [0.1, 0.15) is 5.75 Å². The molecular formula is C30H18Br4N2O5. The number of hydrogen-bond donors (Lipinski definition) is 0. The van der Waals surface area contributed by atoms with E-state index in [0.29, 0.717) is 29.1 Å². The Balaban J connectivity index is 1.21. The second-order valence-electron chi connectivity index (χ2n) is 9.72. The van der Waals surface area contributed by atoms with Crippen molar-refractivity contribution in [2.75, 3.05) is 16.3 Å². The van der Waals surface area contributed by atoms with Gasteiger partial charge in [-0.25, -0.2) is 4.90 Å². The quantitative estimate of drug-likeness (QED) is 0.0688. The number of imide groups is 1. The highest BCUT2D eigenvalue weighted by atomic mass is 79.9. The minimum Gasteiger partial charge on any atom is -0.426 e. The Morgan fingerprint density at radius 2 is 1.44 bits per heavy atom. The van der Waals surface area contributed by atoms with Crippen LogP contribution in [0.3, 0.4) is 0 Å². The molecule has 2 heterocycles. The maximum Gasteiger partial charge on any atom is 0.316 e. The third-order valence-corrected chi connectivity index (χ3v) is 12.0. The molecular weight excluding hydrogens is 788 g/mol. The molecule has 41 heavy (non-hydrogen) atoms. The molecule has 2 aliphatic rings. The number of halogens is 4. The van der Waals surface area contributed by atoms with E-state index >= 15 is 0 Å². The van der Waals surface area contributed by atoms with Gasteiger partial charge in [0.15, 0.2) is 0 Å². The molecule has 6 rings (SSSR count). The third-order valence-electron chi connectivity index (χ3n) is 7.24. The Kier molecular flexibility index (Phi) is 7.42. The van der Waals surface area contributed by atoms with Crippen molar-refractivity contribution in [3.8, 4) is 5.75 Å². The molecule has 0 N–H and O–H groups in total. The first-order valence-corrected chi connectivity index (χ1v) is 15.6. The molecule has 206 valence electrons. The summed E-state index contributed by atoms with van der Waals surface area (Å²) in [7, 11) is 0. The first kappa shape index (κ1) is 28.3. The lowest BCUT2D eigenvalue weighted by Crippen LogP contribution is -2.30. The van der Waals surface area contributed by atoms with E-state index in [1.165, 1.54) is 0 Å². The van der Waals surface area contributed by atoms with Gasteiger partial charge in [0, 0.05) is 36.2 Å². The number of anilines is 2. The number of nitrogens with zero attached hydrogens (tertiary/aromatic N) is 2. The molecule has 4 aromatic carbocycles. The summed E-state index contributed by atoms with van der Waals surface area (Å²) >= 11 is 13.7. The zero-order chi connectivity index (χ0) is 29.2. The van der Waals surface area contributed by atoms with Gasteiger partial charge >= 0.3 is 5.97 Å². The molecule has 0 saturated carbocycles. The standard InChI is InChI=1S/C30H18Br4N2O5/c1-14-11-17(9-10-19(14)36-28(38)22-23(29(36)39)25(32)27(34)26(33)24(22)31)41-30(40)16-12-21(37)35(13-16)20-8-4-6-15-5-2-3-7-18(15)20/h2-11,16H,12-13H2,1H3/t16-/m1/s1. The van der Waals surface area contributed by atoms with E-state index in [1.54, 1.807) is 30.0 Å². The number of rotatable bonds is 4. The number of amides is 3. The van der Waals surface area contributed by atoms with Crippen LogP contribution in [0.2, 0.25) is 0 Å². The van der Waals surface area contributed by atoms with Gasteiger partial charge in [0.2, 0.25) is 5.91 Å². The van der Waals surface area contributed by atoms with Crippen LogP contribution in [-0.2, 0) is 9.59 Å². The predicted octanol–water partition coefficient (Wildman–Crippen LogP) is 7.96. The van der Waals surface area contributed by atoms with E-state index < -0.39 is 23.7 Å². The minimum absolute atomic E-state index is 0.0447. The van der Waals surface area contributed by atoms with Crippen LogP contribution < -0.4 is 14.5 Å². The van der Waals surface area contributed by atoms with Crippen molar-refractivity contribution in [3.63, 3.8) is 0 Å². The fraction of sp³-hybridized carbons (Fsp3) is 0.133. The maximum absolute atomic E-state index is 13.4. The first-order valence-electron chi connectivity index (χ1n) is 12.4. The summed E-state index contributed by atoms with van der Waals surface area (Å²) in [6.45, 7) is 1.94. The van der Waals surface area contributed by atoms with Crippen molar-refractivity contribution in [3.05, 3.63) is 95.2 Å². The minimum atomic E-state index is -0.635. The van der Waals surface area contributed by atoms with Crippen LogP contribution in [0.15, 0.2) is 78.6 Å². The van der Waals surface area contributed by atoms with Crippen LogP contribution in [-0.4, -0.2) is 30.2 Å². The Bertz CT molecular complexity index is 1790. The summed E-state index contributed by atoms with van der Waals surface area (Å²) in [6, 6.07) is 18.3. The number of aryl methyl sites for hydroxylation is 1. The van der Waals surface area contributed by atoms with Crippen LogP contribution in [0.1, 0.15) is 32.7 Å². The number of hydrogen-bond acceptors (Lipinski definition) is 5. The summed E-state index contributed by atoms with van der Waals surface area (Å²) in [5, 5.41) is 1.95. The highest BCUT2D eigenvalue weighted by molar-refractivity contribution is 9.15. The van der Waals surface area contributed by atoms with E-state index in [4.69, 9.17) is 4.74 Å². The smallest absolute Gasteiger partial charge is 0.316 e. The van der Waals surface area contributed by atoms with Crippen molar-refractivity contribution < 1.29 is 23.9 Å². The molecule has 1 fully saturated rings. The Morgan fingerprint density at radius 3 is 2.10 bits per heavy atom. The molecule has 7 nitrogen and oxygen atoms in total. The van der Waals surface area contributed by atoms with Crippen LogP contribution in [0.4, 0.5) is 11.4 Å². The van der Waals surface area contributed by atoms with Gasteiger partial charge in [0.05, 0.1) is 28.4 Å². The van der Waals surface area contributed by atoms with E-state index in [-0.39, 0.29) is 35.7 Å². The second kappa shape index (κ2) is 10.8. The Hall–Kier alpha value is -2.86. The molecule has 1 saturated heterocycles. The van der Waals surface area contributed by atoms with E-state index in [1.807, 2.05) is 42.5 Å². The van der Waals surface area contributed by atoms with E-state index in [9.17, 15) is 19.2 Å². The summed E-state index contributed by atoms with van der Waals surface area (Å²) in [5.41, 5.74) is 2.19. The predicted molar refractivity (Wildman–Crippen MR) is 170 cm³/mol. The van der Waals surface area contributed by atoms with Crippen LogP contribution >= 0.6 is 63.7 Å². The van der Waals surface area contributed by atoms with Gasteiger partial charge in [-0.1, -0.05) is 36.4 Å². The number of carbonyl (C=O) groups is 4. The highest BCUT2D eigenvalue weighted by Gasteiger charge is 2.42. The van der Waals surface area contributed by atoms with Gasteiger partial charge in [-0.2, -0.15) is 0 Å². The van der Waals surface area contributed by atoms with E-state index in [0.717, 1.165) is 21.4 Å². The molecule has 4 aromatic rings. The normalized spacial score (nSPS) is 16.6.